The molecule has 0 radical (unpaired) electrons. The maximum atomic E-state index is 12.0. The van der Waals surface area contributed by atoms with Crippen LogP contribution in [0.4, 0.5) is 5.69 Å². The molecule has 0 unspecified atom stereocenters. The number of carbonyl (C=O) groups is 2. The van der Waals surface area contributed by atoms with Gasteiger partial charge in [0.15, 0.2) is 0 Å². The second-order valence-electron chi connectivity index (χ2n) is 4.42. The zero-order valence-corrected chi connectivity index (χ0v) is 10.7. The number of nitrogens with zero attached hydrogens (tertiary/aromatic N) is 1. The molecule has 0 saturated carbocycles. The quantitative estimate of drug-likeness (QED) is 0.866. The van der Waals surface area contributed by atoms with Gasteiger partial charge in [-0.05, 0) is 12.5 Å². The lowest BCUT2D eigenvalue weighted by Gasteiger charge is -2.16. The molecule has 5 heteroatoms. The van der Waals surface area contributed by atoms with Gasteiger partial charge in [-0.1, -0.05) is 18.2 Å². The first-order valence-corrected chi connectivity index (χ1v) is 6.14. The molecule has 0 aliphatic heterocycles. The van der Waals surface area contributed by atoms with E-state index in [2.05, 4.69) is 4.98 Å². The van der Waals surface area contributed by atoms with Crippen molar-refractivity contribution < 1.29 is 14.7 Å². The van der Waals surface area contributed by atoms with E-state index in [0.29, 0.717) is 6.42 Å². The third-order valence-corrected chi connectivity index (χ3v) is 3.08. The Morgan fingerprint density at radius 1 is 1.26 bits per heavy atom. The molecule has 1 aromatic heterocycles. The molecule has 0 aliphatic rings. The average molecular weight is 260 g/mol. The monoisotopic (exact) mass is 260 g/mol. The zero-order chi connectivity index (χ0) is 13.8. The molecule has 2 aromatic rings. The molecule has 0 atom stereocenters. The number of amides is 1. The first kappa shape index (κ1) is 13.1. The van der Waals surface area contributed by atoms with Crippen LogP contribution in [0, 0.1) is 0 Å². The number of hydrogen-bond donors (Lipinski definition) is 2. The van der Waals surface area contributed by atoms with Gasteiger partial charge in [-0.15, -0.1) is 0 Å². The van der Waals surface area contributed by atoms with E-state index in [0.717, 1.165) is 16.6 Å². The predicted molar refractivity (Wildman–Crippen MR) is 73.2 cm³/mol. The molecule has 0 fully saturated rings. The molecule has 5 nitrogen and oxygen atoms in total. The average Bonchev–Trinajstić information content (AvgIpc) is 2.81. The number of carbonyl (C=O) groups excluding carboxylic acids is 1. The molecule has 0 bridgehead atoms. The van der Waals surface area contributed by atoms with E-state index in [-0.39, 0.29) is 18.7 Å². The molecule has 1 amide bonds. The number of aromatic nitrogens is 1. The van der Waals surface area contributed by atoms with Crippen molar-refractivity contribution in [2.24, 2.45) is 0 Å². The van der Waals surface area contributed by atoms with E-state index in [1.165, 1.54) is 0 Å². The van der Waals surface area contributed by atoms with Crippen molar-refractivity contribution in [1.29, 1.82) is 0 Å². The molecular weight excluding hydrogens is 244 g/mol. The molecule has 0 spiro atoms. The number of aliphatic carboxylic acids is 1. The van der Waals surface area contributed by atoms with Crippen molar-refractivity contribution >= 4 is 28.5 Å². The first-order chi connectivity index (χ1) is 9.09. The Bertz CT molecular complexity index is 604. The van der Waals surface area contributed by atoms with Crippen LogP contribution in [-0.4, -0.2) is 29.0 Å². The lowest BCUT2D eigenvalue weighted by molar-refractivity contribution is -0.137. The van der Waals surface area contributed by atoms with Crippen LogP contribution in [0.3, 0.4) is 0 Å². The zero-order valence-electron chi connectivity index (χ0n) is 10.7. The number of benzene rings is 1. The van der Waals surface area contributed by atoms with Gasteiger partial charge in [0.05, 0.1) is 5.69 Å². The number of carboxylic acids is 1. The van der Waals surface area contributed by atoms with E-state index >= 15 is 0 Å². The molecule has 0 aliphatic carbocycles. The Morgan fingerprint density at radius 2 is 2.00 bits per heavy atom. The van der Waals surface area contributed by atoms with E-state index in [1.54, 1.807) is 18.1 Å². The molecule has 1 aromatic carbocycles. The maximum Gasteiger partial charge on any atom is 0.303 e. The first-order valence-electron chi connectivity index (χ1n) is 6.14. The van der Waals surface area contributed by atoms with E-state index in [9.17, 15) is 9.59 Å². The summed E-state index contributed by atoms with van der Waals surface area (Å²) in [6, 6.07) is 7.74. The van der Waals surface area contributed by atoms with Crippen LogP contribution in [0.25, 0.3) is 10.9 Å². The van der Waals surface area contributed by atoms with Gasteiger partial charge in [0.1, 0.15) is 0 Å². The summed E-state index contributed by atoms with van der Waals surface area (Å²) in [6.07, 6.45) is 2.41. The summed E-state index contributed by atoms with van der Waals surface area (Å²) in [7, 11) is 1.71. The predicted octanol–water partition coefficient (Wildman–Crippen LogP) is 2.39. The van der Waals surface area contributed by atoms with E-state index in [1.807, 2.05) is 24.3 Å². The summed E-state index contributed by atoms with van der Waals surface area (Å²) in [4.78, 5) is 27.1. The highest BCUT2D eigenvalue weighted by Gasteiger charge is 2.14. The number of H-pyrrole nitrogens is 1. The number of aromatic amines is 1. The topological polar surface area (TPSA) is 73.4 Å². The summed E-state index contributed by atoms with van der Waals surface area (Å²) in [6.45, 7) is 0. The Labute approximate surface area is 110 Å². The highest BCUT2D eigenvalue weighted by Crippen LogP contribution is 2.26. The Kier molecular flexibility index (Phi) is 3.85. The normalized spacial score (nSPS) is 10.6. The minimum atomic E-state index is -0.873. The Morgan fingerprint density at radius 3 is 2.74 bits per heavy atom. The second-order valence-corrected chi connectivity index (χ2v) is 4.42. The number of carboxylic acid groups (broad SMARTS) is 1. The van der Waals surface area contributed by atoms with Gasteiger partial charge in [0, 0.05) is 37.0 Å². The lowest BCUT2D eigenvalue weighted by atomic mass is 10.2. The van der Waals surface area contributed by atoms with Crippen LogP contribution in [0.5, 0.6) is 0 Å². The summed E-state index contributed by atoms with van der Waals surface area (Å²) < 4.78 is 0. The smallest absolute Gasteiger partial charge is 0.303 e. The second kappa shape index (κ2) is 5.56. The fraction of sp³-hybridized carbons (Fsp3) is 0.286. The third kappa shape index (κ3) is 2.93. The van der Waals surface area contributed by atoms with Crippen LogP contribution < -0.4 is 4.90 Å². The molecule has 19 heavy (non-hydrogen) atoms. The lowest BCUT2D eigenvalue weighted by Crippen LogP contribution is -2.25. The van der Waals surface area contributed by atoms with Gasteiger partial charge < -0.3 is 15.0 Å². The van der Waals surface area contributed by atoms with Crippen molar-refractivity contribution in [3.63, 3.8) is 0 Å². The summed E-state index contributed by atoms with van der Waals surface area (Å²) >= 11 is 0. The number of hydrogen-bond acceptors (Lipinski definition) is 2. The van der Waals surface area contributed by atoms with Crippen LogP contribution in [0.1, 0.15) is 19.3 Å². The molecule has 0 saturated heterocycles. The molecule has 2 rings (SSSR count). The standard InChI is InChI=1S/C14H16N2O3/c1-16(13(17)7-4-8-14(18)19)12-9-15-11-6-3-2-5-10(11)12/h2-3,5-6,9,15H,4,7-8H2,1H3,(H,18,19). The van der Waals surface area contributed by atoms with Crippen LogP contribution in [-0.2, 0) is 9.59 Å². The van der Waals surface area contributed by atoms with Crippen molar-refractivity contribution in [2.75, 3.05) is 11.9 Å². The van der Waals surface area contributed by atoms with E-state index < -0.39 is 5.97 Å². The van der Waals surface area contributed by atoms with Gasteiger partial charge in [-0.25, -0.2) is 0 Å². The molecular formula is C14H16N2O3. The molecule has 2 N–H and O–H groups in total. The van der Waals surface area contributed by atoms with Crippen LogP contribution in [0.15, 0.2) is 30.5 Å². The minimum absolute atomic E-state index is 0.0213. The summed E-state index contributed by atoms with van der Waals surface area (Å²) in [5.74, 6) is -0.950. The van der Waals surface area contributed by atoms with Gasteiger partial charge in [-0.3, -0.25) is 9.59 Å². The van der Waals surface area contributed by atoms with Crippen LogP contribution >= 0.6 is 0 Å². The van der Waals surface area contributed by atoms with Crippen molar-refractivity contribution in [2.45, 2.75) is 19.3 Å². The van der Waals surface area contributed by atoms with Gasteiger partial charge in [0.2, 0.25) is 5.91 Å². The fourth-order valence-corrected chi connectivity index (χ4v) is 2.03. The van der Waals surface area contributed by atoms with E-state index in [4.69, 9.17) is 5.11 Å². The fourth-order valence-electron chi connectivity index (χ4n) is 2.03. The summed E-state index contributed by atoms with van der Waals surface area (Å²) in [5, 5.41) is 9.54. The highest BCUT2D eigenvalue weighted by atomic mass is 16.4. The van der Waals surface area contributed by atoms with Crippen molar-refractivity contribution in [1.82, 2.24) is 4.98 Å². The Hall–Kier alpha value is -2.30. The number of fused-ring (bicyclic) bond motifs is 1. The Balaban J connectivity index is 2.08. The number of anilines is 1. The van der Waals surface area contributed by atoms with Gasteiger partial charge >= 0.3 is 5.97 Å². The van der Waals surface area contributed by atoms with Crippen molar-refractivity contribution in [3.05, 3.63) is 30.5 Å². The summed E-state index contributed by atoms with van der Waals surface area (Å²) in [5.41, 5.74) is 1.79. The minimum Gasteiger partial charge on any atom is -0.481 e. The third-order valence-electron chi connectivity index (χ3n) is 3.08. The number of para-hydroxylation sites is 1. The van der Waals surface area contributed by atoms with Crippen molar-refractivity contribution in [3.8, 4) is 0 Å². The molecule has 1 heterocycles. The maximum absolute atomic E-state index is 12.0. The highest BCUT2D eigenvalue weighted by molar-refractivity contribution is 6.02. The SMILES string of the molecule is CN(C(=O)CCCC(=O)O)c1c[nH]c2ccccc12. The number of rotatable bonds is 5. The van der Waals surface area contributed by atoms with Crippen LogP contribution in [0.2, 0.25) is 0 Å². The molecule has 100 valence electrons. The van der Waals surface area contributed by atoms with Gasteiger partial charge in [-0.2, -0.15) is 0 Å². The largest absolute Gasteiger partial charge is 0.481 e. The van der Waals surface area contributed by atoms with Gasteiger partial charge in [0.25, 0.3) is 0 Å². The number of nitrogens with one attached hydrogen (secondary N) is 1.